The molecule has 2 rings (SSSR count). The molecule has 1 aromatic rings. The van der Waals surface area contributed by atoms with E-state index in [1.807, 2.05) is 0 Å². The smallest absolute Gasteiger partial charge is 0.304 e. The molecule has 0 aliphatic carbocycles. The summed E-state index contributed by atoms with van der Waals surface area (Å²) in [5, 5.41) is 13.8. The largest absolute Gasteiger partial charge is 0.381 e. The number of nitrogens with one attached hydrogen (secondary N) is 1. The van der Waals surface area contributed by atoms with Crippen molar-refractivity contribution in [2.24, 2.45) is 0 Å². The third kappa shape index (κ3) is 3.18. The van der Waals surface area contributed by atoms with Gasteiger partial charge < -0.3 is 10.1 Å². The predicted molar refractivity (Wildman–Crippen MR) is 79.3 cm³/mol. The highest BCUT2D eigenvalue weighted by Gasteiger charge is 2.33. The molecule has 0 saturated carbocycles. The number of anilines is 1. The first-order chi connectivity index (χ1) is 9.87. The first kappa shape index (κ1) is 16.1. The lowest BCUT2D eigenvalue weighted by Gasteiger charge is -2.29. The van der Waals surface area contributed by atoms with Crippen LogP contribution >= 0.6 is 11.3 Å². The number of ether oxygens (including phenoxy) is 1. The van der Waals surface area contributed by atoms with E-state index >= 15 is 0 Å². The van der Waals surface area contributed by atoms with Crippen molar-refractivity contribution in [3.63, 3.8) is 0 Å². The highest BCUT2D eigenvalue weighted by atomic mass is 32.2. The van der Waals surface area contributed by atoms with Crippen LogP contribution in [0.1, 0.15) is 12.8 Å². The topological polar surface area (TPSA) is 102 Å². The lowest BCUT2D eigenvalue weighted by Crippen LogP contribution is -2.40. The molecule has 0 spiro atoms. The second kappa shape index (κ2) is 6.26. The van der Waals surface area contributed by atoms with Gasteiger partial charge in [-0.15, -0.1) is 0 Å². The fraction of sp³-hybridized carbons (Fsp3) is 0.636. The number of thiophene rings is 1. The van der Waals surface area contributed by atoms with Gasteiger partial charge in [-0.3, -0.25) is 10.1 Å². The molecule has 0 radical (unpaired) electrons. The zero-order valence-electron chi connectivity index (χ0n) is 11.7. The summed E-state index contributed by atoms with van der Waals surface area (Å²) in [6, 6.07) is 0.977. The highest BCUT2D eigenvalue weighted by Crippen LogP contribution is 2.38. The molecule has 8 nitrogen and oxygen atoms in total. The van der Waals surface area contributed by atoms with Gasteiger partial charge in [-0.1, -0.05) is 11.3 Å². The predicted octanol–water partition coefficient (Wildman–Crippen LogP) is 1.50. The summed E-state index contributed by atoms with van der Waals surface area (Å²) in [6.45, 7) is 1.05. The van der Waals surface area contributed by atoms with Crippen LogP contribution in [0, 0.1) is 10.1 Å². The van der Waals surface area contributed by atoms with Gasteiger partial charge in [-0.2, -0.15) is 4.31 Å². The van der Waals surface area contributed by atoms with Gasteiger partial charge in [0, 0.05) is 39.4 Å². The maximum atomic E-state index is 12.6. The molecule has 2 heterocycles. The number of rotatable bonds is 5. The van der Waals surface area contributed by atoms with Crippen molar-refractivity contribution in [2.45, 2.75) is 23.1 Å². The van der Waals surface area contributed by atoms with Crippen molar-refractivity contribution in [1.29, 1.82) is 0 Å². The van der Waals surface area contributed by atoms with E-state index in [9.17, 15) is 18.5 Å². The Bertz CT molecular complexity index is 622. The summed E-state index contributed by atoms with van der Waals surface area (Å²) in [6.07, 6.45) is 1.25. The van der Waals surface area contributed by atoms with Crippen molar-refractivity contribution in [2.75, 3.05) is 32.6 Å². The normalized spacial score (nSPS) is 17.1. The zero-order chi connectivity index (χ0) is 15.6. The Kier molecular flexibility index (Phi) is 4.81. The van der Waals surface area contributed by atoms with Crippen molar-refractivity contribution >= 4 is 32.0 Å². The summed E-state index contributed by atoms with van der Waals surface area (Å²) < 4.78 is 31.7. The molecule has 1 saturated heterocycles. The number of hydrogen-bond donors (Lipinski definition) is 1. The minimum atomic E-state index is -3.73. The average Bonchev–Trinajstić information content (AvgIpc) is 2.92. The fourth-order valence-corrected chi connectivity index (χ4v) is 5.07. The van der Waals surface area contributed by atoms with Crippen molar-refractivity contribution < 1.29 is 18.1 Å². The average molecular weight is 335 g/mol. The summed E-state index contributed by atoms with van der Waals surface area (Å²) in [5.41, 5.74) is -0.221. The Morgan fingerprint density at radius 1 is 1.48 bits per heavy atom. The van der Waals surface area contributed by atoms with Crippen LogP contribution in [-0.4, -0.2) is 51.0 Å². The minimum Gasteiger partial charge on any atom is -0.381 e. The van der Waals surface area contributed by atoms with Gasteiger partial charge in [0.15, 0.2) is 5.00 Å². The van der Waals surface area contributed by atoms with Crippen LogP contribution in [-0.2, 0) is 14.8 Å². The van der Waals surface area contributed by atoms with Crippen molar-refractivity contribution in [1.82, 2.24) is 4.31 Å². The summed E-state index contributed by atoms with van der Waals surface area (Å²) in [4.78, 5) is 10.4. The van der Waals surface area contributed by atoms with Crippen LogP contribution in [0.5, 0.6) is 0 Å². The minimum absolute atomic E-state index is 0.0208. The van der Waals surface area contributed by atoms with E-state index in [0.29, 0.717) is 26.1 Å². The SMILES string of the molecule is CNc1sc(S(=O)(=O)N(C)C2CCOCC2)cc1[N+](=O)[O-]. The van der Waals surface area contributed by atoms with Crippen LogP contribution in [0.25, 0.3) is 0 Å². The summed E-state index contributed by atoms with van der Waals surface area (Å²) in [7, 11) is -0.697. The molecule has 0 aromatic carbocycles. The van der Waals surface area contributed by atoms with Gasteiger partial charge in [-0.05, 0) is 12.8 Å². The van der Waals surface area contributed by atoms with Crippen molar-refractivity contribution in [3.05, 3.63) is 16.2 Å². The first-order valence-electron chi connectivity index (χ1n) is 6.39. The second-order valence-corrected chi connectivity index (χ2v) is 7.93. The maximum absolute atomic E-state index is 12.6. The molecule has 118 valence electrons. The van der Waals surface area contributed by atoms with Gasteiger partial charge in [0.2, 0.25) is 0 Å². The van der Waals surface area contributed by atoms with Crippen LogP contribution in [0.15, 0.2) is 10.3 Å². The molecule has 10 heteroatoms. The molecule has 0 bridgehead atoms. The van der Waals surface area contributed by atoms with Crippen molar-refractivity contribution in [3.8, 4) is 0 Å². The van der Waals surface area contributed by atoms with Crippen LogP contribution in [0.4, 0.5) is 10.7 Å². The molecule has 1 aliphatic rings. The molecular weight excluding hydrogens is 318 g/mol. The Hall–Kier alpha value is -1.23. The van der Waals surface area contributed by atoms with Gasteiger partial charge >= 0.3 is 5.69 Å². The molecule has 0 amide bonds. The summed E-state index contributed by atoms with van der Waals surface area (Å²) >= 11 is 0.873. The zero-order valence-corrected chi connectivity index (χ0v) is 13.4. The molecular formula is C11H17N3O5S2. The van der Waals surface area contributed by atoms with E-state index in [-0.39, 0.29) is 20.9 Å². The monoisotopic (exact) mass is 335 g/mol. The van der Waals surface area contributed by atoms with E-state index in [0.717, 1.165) is 17.4 Å². The fourth-order valence-electron chi connectivity index (χ4n) is 2.19. The van der Waals surface area contributed by atoms with E-state index in [2.05, 4.69) is 5.32 Å². The Labute approximate surface area is 126 Å². The Morgan fingerprint density at radius 3 is 2.57 bits per heavy atom. The lowest BCUT2D eigenvalue weighted by molar-refractivity contribution is -0.383. The maximum Gasteiger partial charge on any atom is 0.304 e. The molecule has 21 heavy (non-hydrogen) atoms. The van der Waals surface area contributed by atoms with Gasteiger partial charge in [0.1, 0.15) is 4.21 Å². The van der Waals surface area contributed by atoms with E-state index in [1.165, 1.54) is 18.4 Å². The molecule has 1 aromatic heterocycles. The summed E-state index contributed by atoms with van der Waals surface area (Å²) in [5.74, 6) is 0. The lowest BCUT2D eigenvalue weighted by atomic mass is 10.1. The van der Waals surface area contributed by atoms with E-state index < -0.39 is 14.9 Å². The third-order valence-corrected chi connectivity index (χ3v) is 6.95. The Balaban J connectivity index is 2.32. The number of nitrogens with zero attached hydrogens (tertiary/aromatic N) is 2. The number of sulfonamides is 1. The van der Waals surface area contributed by atoms with Gasteiger partial charge in [0.05, 0.1) is 4.92 Å². The first-order valence-corrected chi connectivity index (χ1v) is 8.65. The quantitative estimate of drug-likeness (QED) is 0.646. The number of hydrogen-bond acceptors (Lipinski definition) is 7. The second-order valence-electron chi connectivity index (χ2n) is 4.65. The van der Waals surface area contributed by atoms with Gasteiger partial charge in [0.25, 0.3) is 10.0 Å². The molecule has 1 aliphatic heterocycles. The molecule has 1 fully saturated rings. The molecule has 0 atom stereocenters. The van der Waals surface area contributed by atoms with Crippen LogP contribution < -0.4 is 5.32 Å². The molecule has 0 unspecified atom stereocenters. The van der Waals surface area contributed by atoms with Crippen LogP contribution in [0.3, 0.4) is 0 Å². The van der Waals surface area contributed by atoms with E-state index in [4.69, 9.17) is 4.74 Å². The highest BCUT2D eigenvalue weighted by molar-refractivity contribution is 7.91. The standard InChI is InChI=1S/C11H17N3O5S2/c1-12-11-9(14(15)16)7-10(20-11)21(17,18)13(2)8-3-5-19-6-4-8/h7-8,12H,3-6H2,1-2H3. The third-order valence-electron chi connectivity index (χ3n) is 3.45. The van der Waals surface area contributed by atoms with E-state index in [1.54, 1.807) is 0 Å². The Morgan fingerprint density at radius 2 is 2.10 bits per heavy atom. The van der Waals surface area contributed by atoms with Crippen LogP contribution in [0.2, 0.25) is 0 Å². The molecule has 1 N–H and O–H groups in total. The number of nitro groups is 1. The van der Waals surface area contributed by atoms with Gasteiger partial charge in [-0.25, -0.2) is 8.42 Å².